The summed E-state index contributed by atoms with van der Waals surface area (Å²) in [4.78, 5) is 12.5. The number of anilines is 1. The number of nitrogens with zero attached hydrogens (tertiary/aromatic N) is 1. The predicted molar refractivity (Wildman–Crippen MR) is 190 cm³/mol. The topological polar surface area (TPSA) is 114 Å². The molecule has 5 rings (SSSR count). The van der Waals surface area contributed by atoms with Gasteiger partial charge in [0, 0.05) is 61.0 Å². The molecule has 45 heavy (non-hydrogen) atoms. The van der Waals surface area contributed by atoms with E-state index in [-0.39, 0.29) is 10.7 Å². The van der Waals surface area contributed by atoms with Crippen molar-refractivity contribution in [3.8, 4) is 5.75 Å². The maximum absolute atomic E-state index is 12.0. The van der Waals surface area contributed by atoms with Gasteiger partial charge in [0.2, 0.25) is 0 Å². The average Bonchev–Trinajstić information content (AvgIpc) is 3.97. The number of aromatic nitrogens is 1. The molecular weight excluding hydrogens is 649 g/mol. The number of carbonyl (C=O) groups is 1. The van der Waals surface area contributed by atoms with Gasteiger partial charge >= 0.3 is 0 Å². The fraction of sp³-hybridized carbons (Fsp3) is 0.576. The number of benzene rings is 1. The molecule has 0 radical (unpaired) electrons. The monoisotopic (exact) mass is 695 g/mol. The predicted octanol–water partition coefficient (Wildman–Crippen LogP) is 8.17. The number of amides is 1. The highest BCUT2D eigenvalue weighted by atomic mass is 35.5. The van der Waals surface area contributed by atoms with Gasteiger partial charge in [-0.05, 0) is 95.8 Å². The first-order valence-electron chi connectivity index (χ1n) is 15.8. The van der Waals surface area contributed by atoms with Gasteiger partial charge in [-0.2, -0.15) is 0 Å². The van der Waals surface area contributed by atoms with Crippen molar-refractivity contribution in [3.63, 3.8) is 0 Å². The van der Waals surface area contributed by atoms with Crippen molar-refractivity contribution >= 4 is 64.9 Å². The molecule has 3 aliphatic rings. The lowest BCUT2D eigenvalue weighted by Gasteiger charge is -2.23. The Labute approximate surface area is 287 Å². The summed E-state index contributed by atoms with van der Waals surface area (Å²) in [5.41, 5.74) is 9.54. The third kappa shape index (κ3) is 9.61. The molecule has 1 heterocycles. The van der Waals surface area contributed by atoms with E-state index in [1.165, 1.54) is 31.9 Å². The fourth-order valence-corrected chi connectivity index (χ4v) is 6.84. The van der Waals surface area contributed by atoms with Crippen LogP contribution in [-0.4, -0.2) is 42.1 Å². The van der Waals surface area contributed by atoms with Crippen molar-refractivity contribution in [2.75, 3.05) is 19.9 Å². The van der Waals surface area contributed by atoms with E-state index in [4.69, 9.17) is 38.2 Å². The Morgan fingerprint density at radius 1 is 1.24 bits per heavy atom. The van der Waals surface area contributed by atoms with E-state index in [2.05, 4.69) is 53.9 Å². The largest absolute Gasteiger partial charge is 0.495 e. The first-order valence-corrected chi connectivity index (χ1v) is 17.8. The SMILES string of the molecule is CCC(CC(CC)NCc1c(C2=C(Cl)CCC=C2Cl)noc1C1CC1)NC.COc1cc(C(=O)NSC2(C)CC2)cc(S)c1N. The Morgan fingerprint density at radius 2 is 1.96 bits per heavy atom. The van der Waals surface area contributed by atoms with Crippen LogP contribution in [0.3, 0.4) is 0 Å². The minimum absolute atomic E-state index is 0.151. The number of carbonyl (C=O) groups excluding carboxylic acids is 1. The number of hydrogen-bond acceptors (Lipinski definition) is 9. The van der Waals surface area contributed by atoms with E-state index in [1.807, 2.05) is 13.1 Å². The van der Waals surface area contributed by atoms with Gasteiger partial charge in [0.05, 0.1) is 12.8 Å². The molecular formula is C33H47Cl2N5O3S2. The molecule has 1 amide bonds. The first kappa shape index (κ1) is 36.0. The third-order valence-electron chi connectivity index (χ3n) is 8.68. The maximum atomic E-state index is 12.0. The summed E-state index contributed by atoms with van der Waals surface area (Å²) in [6, 6.07) is 4.24. The zero-order chi connectivity index (χ0) is 32.7. The summed E-state index contributed by atoms with van der Waals surface area (Å²) in [5.74, 6) is 1.83. The molecule has 1 aromatic carbocycles. The highest BCUT2D eigenvalue weighted by Crippen LogP contribution is 2.47. The number of nitrogens with two attached hydrogens (primary N) is 1. The highest BCUT2D eigenvalue weighted by molar-refractivity contribution is 7.99. The van der Waals surface area contributed by atoms with Crippen LogP contribution in [0.15, 0.2) is 37.7 Å². The number of nitrogens with one attached hydrogen (secondary N) is 3. The number of thiol groups is 1. The van der Waals surface area contributed by atoms with E-state index in [0.29, 0.717) is 44.9 Å². The summed E-state index contributed by atoms with van der Waals surface area (Å²) in [6.07, 6.45) is 11.7. The molecule has 8 nitrogen and oxygen atoms in total. The van der Waals surface area contributed by atoms with Crippen LogP contribution in [0.5, 0.6) is 5.75 Å². The molecule has 2 aromatic rings. The minimum Gasteiger partial charge on any atom is -0.495 e. The van der Waals surface area contributed by atoms with E-state index < -0.39 is 0 Å². The van der Waals surface area contributed by atoms with Crippen LogP contribution in [0.1, 0.15) is 112 Å². The molecule has 2 fully saturated rings. The summed E-state index contributed by atoms with van der Waals surface area (Å²) in [5, 5.41) is 13.0. The Bertz CT molecular complexity index is 1400. The normalized spacial score (nSPS) is 18.4. The van der Waals surface area contributed by atoms with E-state index in [0.717, 1.165) is 79.1 Å². The Morgan fingerprint density at radius 3 is 2.53 bits per heavy atom. The first-order chi connectivity index (χ1) is 21.5. The van der Waals surface area contributed by atoms with Crippen molar-refractivity contribution < 1.29 is 14.1 Å². The second-order valence-electron chi connectivity index (χ2n) is 12.2. The zero-order valence-electron chi connectivity index (χ0n) is 26.9. The molecule has 12 heteroatoms. The number of nitrogen functional groups attached to an aromatic ring is 1. The van der Waals surface area contributed by atoms with Gasteiger partial charge in [0.15, 0.2) is 0 Å². The van der Waals surface area contributed by atoms with Crippen molar-refractivity contribution in [3.05, 3.63) is 50.9 Å². The van der Waals surface area contributed by atoms with Crippen LogP contribution >= 0.6 is 47.8 Å². The van der Waals surface area contributed by atoms with Crippen LogP contribution in [0.4, 0.5) is 5.69 Å². The van der Waals surface area contributed by atoms with Gasteiger partial charge < -0.3 is 25.6 Å². The molecule has 248 valence electrons. The van der Waals surface area contributed by atoms with Gasteiger partial charge in [-0.1, -0.05) is 48.3 Å². The molecule has 0 spiro atoms. The van der Waals surface area contributed by atoms with Crippen LogP contribution in [0.25, 0.3) is 5.57 Å². The van der Waals surface area contributed by atoms with E-state index >= 15 is 0 Å². The molecule has 1 aromatic heterocycles. The molecule has 0 bridgehead atoms. The van der Waals surface area contributed by atoms with Crippen molar-refractivity contribution in [2.45, 2.75) is 113 Å². The van der Waals surface area contributed by atoms with Crippen LogP contribution in [0.2, 0.25) is 0 Å². The average molecular weight is 697 g/mol. The Hall–Kier alpha value is -1.82. The molecule has 5 N–H and O–H groups in total. The van der Waals surface area contributed by atoms with Crippen LogP contribution in [0, 0.1) is 0 Å². The van der Waals surface area contributed by atoms with E-state index in [1.54, 1.807) is 12.1 Å². The number of halogens is 2. The second kappa shape index (κ2) is 16.3. The second-order valence-corrected chi connectivity index (χ2v) is 15.0. The number of rotatable bonds is 14. The summed E-state index contributed by atoms with van der Waals surface area (Å²) in [7, 11) is 3.55. The third-order valence-corrected chi connectivity index (χ3v) is 11.0. The van der Waals surface area contributed by atoms with Gasteiger partial charge in [0.25, 0.3) is 5.91 Å². The van der Waals surface area contributed by atoms with Crippen LogP contribution in [-0.2, 0) is 6.54 Å². The molecule has 2 saturated carbocycles. The number of hydrogen-bond donors (Lipinski definition) is 5. The van der Waals surface area contributed by atoms with E-state index in [9.17, 15) is 4.79 Å². The van der Waals surface area contributed by atoms with Crippen molar-refractivity contribution in [1.82, 2.24) is 20.5 Å². The lowest BCUT2D eigenvalue weighted by molar-refractivity contribution is 0.0983. The molecule has 3 aliphatic carbocycles. The molecule has 0 saturated heterocycles. The number of methoxy groups -OCH3 is 1. The zero-order valence-corrected chi connectivity index (χ0v) is 30.1. The summed E-state index contributed by atoms with van der Waals surface area (Å²) in [6.45, 7) is 7.33. The molecule has 2 unspecified atom stereocenters. The van der Waals surface area contributed by atoms with Gasteiger partial charge in [-0.3, -0.25) is 9.52 Å². The Kier molecular flexibility index (Phi) is 13.1. The van der Waals surface area contributed by atoms with Gasteiger partial charge in [0.1, 0.15) is 17.2 Å². The lowest BCUT2D eigenvalue weighted by Crippen LogP contribution is -2.36. The summed E-state index contributed by atoms with van der Waals surface area (Å²) >= 11 is 18.7. The maximum Gasteiger partial charge on any atom is 0.261 e. The number of allylic oxidation sites excluding steroid dienone is 4. The minimum atomic E-state index is -0.151. The Balaban J connectivity index is 0.000000222. The van der Waals surface area contributed by atoms with Crippen LogP contribution < -0.4 is 25.8 Å². The standard InChI is InChI=1S/C21H31Cl2N3O.C12H16N2O2S2/c1-4-14(24-3)11-15(5-2)25-12-16-20(26-27-21(16)13-9-10-13)19-17(22)7-6-8-18(19)23;1-12(3-4-12)18-14-11(15)7-5-8(16-2)10(13)9(17)6-7/h7,13-15,24-25H,4-6,8-12H2,1-3H3;5-6,17H,3-4,13H2,1-2H3,(H,14,15). The summed E-state index contributed by atoms with van der Waals surface area (Å²) < 4.78 is 13.9. The van der Waals surface area contributed by atoms with Gasteiger partial charge in [-0.15, -0.1) is 12.6 Å². The molecule has 2 atom stereocenters. The highest BCUT2D eigenvalue weighted by Gasteiger charge is 2.39. The van der Waals surface area contributed by atoms with Gasteiger partial charge in [-0.25, -0.2) is 0 Å². The fourth-order valence-electron chi connectivity index (χ4n) is 5.17. The number of ether oxygens (including phenoxy) is 1. The molecule has 0 aliphatic heterocycles. The quantitative estimate of drug-likeness (QED) is 0.0764. The lowest BCUT2D eigenvalue weighted by atomic mass is 9.98. The van der Waals surface area contributed by atoms with Crippen molar-refractivity contribution in [1.29, 1.82) is 0 Å². The van der Waals surface area contributed by atoms with Crippen molar-refractivity contribution in [2.24, 2.45) is 0 Å². The smallest absolute Gasteiger partial charge is 0.261 e.